The van der Waals surface area contributed by atoms with Crippen molar-refractivity contribution in [2.45, 2.75) is 31.3 Å². The van der Waals surface area contributed by atoms with Gasteiger partial charge in [-0.1, -0.05) is 54.6 Å². The van der Waals surface area contributed by atoms with Gasteiger partial charge in [0, 0.05) is 0 Å². The Balaban J connectivity index is 1.58. The van der Waals surface area contributed by atoms with Crippen molar-refractivity contribution in [2.75, 3.05) is 0 Å². The Morgan fingerprint density at radius 2 is 1.72 bits per heavy atom. The smallest absolute Gasteiger partial charge is 0.0790 e. The minimum atomic E-state index is -0.320. The van der Waals surface area contributed by atoms with E-state index in [1.54, 1.807) is 0 Å². The van der Waals surface area contributed by atoms with E-state index >= 15 is 0 Å². The zero-order valence-corrected chi connectivity index (χ0v) is 10.4. The van der Waals surface area contributed by atoms with Crippen molar-refractivity contribution < 1.29 is 5.11 Å². The maximum Gasteiger partial charge on any atom is 0.0790 e. The summed E-state index contributed by atoms with van der Waals surface area (Å²) in [6.07, 6.45) is 2.78. The van der Waals surface area contributed by atoms with Crippen LogP contribution in [0.1, 0.15) is 41.6 Å². The van der Waals surface area contributed by atoms with Gasteiger partial charge >= 0.3 is 0 Å². The number of fused-ring (bicyclic) bond motifs is 1. The number of rotatable bonds is 4. The Labute approximate surface area is 108 Å². The van der Waals surface area contributed by atoms with Gasteiger partial charge in [-0.3, -0.25) is 0 Å². The molecule has 3 rings (SSSR count). The average Bonchev–Trinajstić information content (AvgIpc) is 2.40. The monoisotopic (exact) mass is 238 g/mol. The summed E-state index contributed by atoms with van der Waals surface area (Å²) in [6.45, 7) is 0. The Kier molecular flexibility index (Phi) is 3.16. The summed E-state index contributed by atoms with van der Waals surface area (Å²) in [5.74, 6) is 0.652. The van der Waals surface area contributed by atoms with Crippen LogP contribution in [0.2, 0.25) is 0 Å². The van der Waals surface area contributed by atoms with Crippen molar-refractivity contribution in [1.29, 1.82) is 0 Å². The van der Waals surface area contributed by atoms with E-state index < -0.39 is 0 Å². The predicted molar refractivity (Wildman–Crippen MR) is 73.5 cm³/mol. The summed E-state index contributed by atoms with van der Waals surface area (Å²) in [6, 6.07) is 18.6. The summed E-state index contributed by atoms with van der Waals surface area (Å²) in [5.41, 5.74) is 4.00. The fraction of sp³-hybridized carbons (Fsp3) is 0.294. The van der Waals surface area contributed by atoms with Gasteiger partial charge in [-0.15, -0.1) is 0 Å². The summed E-state index contributed by atoms with van der Waals surface area (Å²) < 4.78 is 0. The molecular weight excluding hydrogens is 220 g/mol. The van der Waals surface area contributed by atoms with E-state index in [0.717, 1.165) is 18.4 Å². The van der Waals surface area contributed by atoms with E-state index in [2.05, 4.69) is 24.3 Å². The molecule has 2 aromatic carbocycles. The second-order valence-electron chi connectivity index (χ2n) is 5.10. The molecule has 0 aliphatic heterocycles. The predicted octanol–water partition coefficient (Wildman–Crippen LogP) is 3.84. The highest BCUT2D eigenvalue weighted by atomic mass is 16.3. The van der Waals surface area contributed by atoms with Crippen molar-refractivity contribution in [2.24, 2.45) is 0 Å². The highest BCUT2D eigenvalue weighted by Gasteiger charge is 2.25. The van der Waals surface area contributed by atoms with Gasteiger partial charge in [0.1, 0.15) is 0 Å². The molecule has 1 N–H and O–H groups in total. The first kappa shape index (κ1) is 11.5. The van der Waals surface area contributed by atoms with Crippen molar-refractivity contribution in [1.82, 2.24) is 0 Å². The molecule has 0 saturated carbocycles. The number of aliphatic hydroxyl groups excluding tert-OH is 1. The first-order chi connectivity index (χ1) is 8.84. The molecule has 2 atom stereocenters. The molecule has 0 saturated heterocycles. The van der Waals surface area contributed by atoms with Gasteiger partial charge in [-0.25, -0.2) is 0 Å². The number of aliphatic hydroxyl groups is 1. The van der Waals surface area contributed by atoms with Crippen LogP contribution in [0.4, 0.5) is 0 Å². The SMILES string of the molecule is OC(CCC1Cc2ccccc21)c1ccccc1. The standard InChI is InChI=1S/C17H18O/c18-17(13-6-2-1-3-7-13)11-10-15-12-14-8-4-5-9-16(14)15/h1-9,15,17-18H,10-12H2. The Hall–Kier alpha value is -1.60. The van der Waals surface area contributed by atoms with Crippen molar-refractivity contribution in [3.63, 3.8) is 0 Å². The lowest BCUT2D eigenvalue weighted by molar-refractivity contribution is 0.160. The summed E-state index contributed by atoms with van der Waals surface area (Å²) in [5, 5.41) is 10.1. The van der Waals surface area contributed by atoms with Crippen LogP contribution in [-0.2, 0) is 6.42 Å². The molecule has 0 aromatic heterocycles. The lowest BCUT2D eigenvalue weighted by Gasteiger charge is -2.30. The highest BCUT2D eigenvalue weighted by Crippen LogP contribution is 2.39. The van der Waals surface area contributed by atoms with Crippen molar-refractivity contribution in [3.8, 4) is 0 Å². The molecule has 0 bridgehead atoms. The highest BCUT2D eigenvalue weighted by molar-refractivity contribution is 5.39. The molecule has 1 heteroatoms. The number of hydrogen-bond acceptors (Lipinski definition) is 1. The molecule has 0 fully saturated rings. The number of hydrogen-bond donors (Lipinski definition) is 1. The van der Waals surface area contributed by atoms with Crippen LogP contribution in [0.15, 0.2) is 54.6 Å². The Morgan fingerprint density at radius 1 is 1.00 bits per heavy atom. The van der Waals surface area contributed by atoms with Crippen LogP contribution >= 0.6 is 0 Å². The molecule has 1 aliphatic carbocycles. The van der Waals surface area contributed by atoms with Crippen molar-refractivity contribution >= 4 is 0 Å². The third-order valence-electron chi connectivity index (χ3n) is 3.93. The molecule has 18 heavy (non-hydrogen) atoms. The molecule has 0 radical (unpaired) electrons. The van der Waals surface area contributed by atoms with E-state index in [9.17, 15) is 5.11 Å². The van der Waals surface area contributed by atoms with E-state index in [1.165, 1.54) is 17.5 Å². The fourth-order valence-electron chi connectivity index (χ4n) is 2.82. The van der Waals surface area contributed by atoms with Gasteiger partial charge in [-0.2, -0.15) is 0 Å². The second-order valence-corrected chi connectivity index (χ2v) is 5.10. The van der Waals surface area contributed by atoms with E-state index in [0.29, 0.717) is 5.92 Å². The molecule has 92 valence electrons. The molecule has 1 aliphatic rings. The summed E-state index contributed by atoms with van der Waals surface area (Å²) in [4.78, 5) is 0. The third kappa shape index (κ3) is 2.19. The van der Waals surface area contributed by atoms with Crippen LogP contribution in [0.25, 0.3) is 0 Å². The van der Waals surface area contributed by atoms with Gasteiger partial charge in [0.2, 0.25) is 0 Å². The normalized spacial score (nSPS) is 18.8. The van der Waals surface area contributed by atoms with Crippen LogP contribution in [0, 0.1) is 0 Å². The van der Waals surface area contributed by atoms with Gasteiger partial charge in [0.25, 0.3) is 0 Å². The Bertz CT molecular complexity index is 516. The zero-order valence-electron chi connectivity index (χ0n) is 10.4. The summed E-state index contributed by atoms with van der Waals surface area (Å²) >= 11 is 0. The minimum Gasteiger partial charge on any atom is -0.388 e. The van der Waals surface area contributed by atoms with Crippen LogP contribution < -0.4 is 0 Å². The topological polar surface area (TPSA) is 20.2 Å². The fourth-order valence-corrected chi connectivity index (χ4v) is 2.82. The number of benzene rings is 2. The van der Waals surface area contributed by atoms with Crippen LogP contribution in [0.5, 0.6) is 0 Å². The van der Waals surface area contributed by atoms with E-state index in [4.69, 9.17) is 0 Å². The molecule has 2 unspecified atom stereocenters. The van der Waals surface area contributed by atoms with E-state index in [-0.39, 0.29) is 6.10 Å². The molecule has 0 heterocycles. The van der Waals surface area contributed by atoms with Gasteiger partial charge < -0.3 is 5.11 Å². The quantitative estimate of drug-likeness (QED) is 0.858. The average molecular weight is 238 g/mol. The van der Waals surface area contributed by atoms with Crippen molar-refractivity contribution in [3.05, 3.63) is 71.3 Å². The van der Waals surface area contributed by atoms with Gasteiger partial charge in [0.15, 0.2) is 0 Å². The lowest BCUT2D eigenvalue weighted by Crippen LogP contribution is -2.17. The molecule has 1 nitrogen and oxygen atoms in total. The van der Waals surface area contributed by atoms with Crippen LogP contribution in [-0.4, -0.2) is 5.11 Å². The summed E-state index contributed by atoms with van der Waals surface area (Å²) in [7, 11) is 0. The Morgan fingerprint density at radius 3 is 2.50 bits per heavy atom. The van der Waals surface area contributed by atoms with E-state index in [1.807, 2.05) is 30.3 Å². The minimum absolute atomic E-state index is 0.320. The van der Waals surface area contributed by atoms with Crippen LogP contribution in [0.3, 0.4) is 0 Å². The molecule has 2 aromatic rings. The third-order valence-corrected chi connectivity index (χ3v) is 3.93. The molecule has 0 amide bonds. The first-order valence-electron chi connectivity index (χ1n) is 6.65. The van der Waals surface area contributed by atoms with Gasteiger partial charge in [-0.05, 0) is 41.9 Å². The molecular formula is C17H18O. The largest absolute Gasteiger partial charge is 0.388 e. The maximum atomic E-state index is 10.1. The second kappa shape index (κ2) is 4.95. The van der Waals surface area contributed by atoms with Gasteiger partial charge in [0.05, 0.1) is 6.10 Å². The lowest BCUT2D eigenvalue weighted by atomic mass is 9.75. The maximum absolute atomic E-state index is 10.1. The zero-order chi connectivity index (χ0) is 12.4. The first-order valence-corrected chi connectivity index (χ1v) is 6.65. The molecule has 0 spiro atoms.